The fraction of sp³-hybridized carbons (Fsp3) is 0.538. The number of hydrogen-bond donors (Lipinski definition) is 0. The van der Waals surface area contributed by atoms with Gasteiger partial charge in [-0.05, 0) is 36.5 Å². The maximum atomic E-state index is 5.78. The van der Waals surface area contributed by atoms with Crippen molar-refractivity contribution in [2.75, 3.05) is 20.5 Å². The molecule has 0 unspecified atom stereocenters. The number of halogens is 1. The van der Waals surface area contributed by atoms with Gasteiger partial charge in [0.1, 0.15) is 0 Å². The van der Waals surface area contributed by atoms with Crippen LogP contribution in [0.3, 0.4) is 0 Å². The molecular weight excluding hydrogens is 240 g/mol. The highest BCUT2D eigenvalue weighted by Gasteiger charge is 2.21. The lowest BCUT2D eigenvalue weighted by Crippen LogP contribution is -2.06. The van der Waals surface area contributed by atoms with E-state index in [1.54, 1.807) is 7.11 Å². The third kappa shape index (κ3) is 3.79. The van der Waals surface area contributed by atoms with E-state index in [0.717, 1.165) is 18.1 Å². The molecule has 0 aromatic heterocycles. The van der Waals surface area contributed by atoms with E-state index in [9.17, 15) is 0 Å². The van der Waals surface area contributed by atoms with Crippen LogP contribution in [-0.4, -0.2) is 20.5 Å². The smallest absolute Gasteiger partial charge is 0.189 e. The minimum atomic E-state index is 0.262. The zero-order chi connectivity index (χ0) is 12.1. The molecule has 0 radical (unpaired) electrons. The van der Waals surface area contributed by atoms with Crippen molar-refractivity contribution in [2.45, 2.75) is 18.7 Å². The van der Waals surface area contributed by atoms with Crippen LogP contribution in [0.1, 0.15) is 18.4 Å². The van der Waals surface area contributed by atoms with Crippen molar-refractivity contribution in [3.8, 4) is 11.5 Å². The van der Waals surface area contributed by atoms with Crippen molar-refractivity contribution in [3.05, 3.63) is 23.8 Å². The molecule has 4 heteroatoms. The predicted molar refractivity (Wildman–Crippen MR) is 66.7 cm³/mol. The molecule has 17 heavy (non-hydrogen) atoms. The summed E-state index contributed by atoms with van der Waals surface area (Å²) in [7, 11) is 1.62. The molecule has 0 spiro atoms. The second kappa shape index (κ2) is 6.12. The van der Waals surface area contributed by atoms with Gasteiger partial charge < -0.3 is 14.2 Å². The molecule has 1 aromatic carbocycles. The Kier molecular flexibility index (Phi) is 4.51. The van der Waals surface area contributed by atoms with Gasteiger partial charge in [-0.25, -0.2) is 0 Å². The van der Waals surface area contributed by atoms with Crippen LogP contribution in [0, 0.1) is 5.92 Å². The van der Waals surface area contributed by atoms with E-state index in [1.807, 2.05) is 18.2 Å². The quantitative estimate of drug-likeness (QED) is 0.426. The monoisotopic (exact) mass is 256 g/mol. The highest BCUT2D eigenvalue weighted by atomic mass is 35.5. The number of ether oxygens (including phenoxy) is 3. The van der Waals surface area contributed by atoms with Crippen molar-refractivity contribution in [1.82, 2.24) is 0 Å². The Bertz CT molecular complexity index is 364. The van der Waals surface area contributed by atoms with Crippen molar-refractivity contribution in [2.24, 2.45) is 5.92 Å². The third-order valence-electron chi connectivity index (χ3n) is 2.73. The fourth-order valence-corrected chi connectivity index (χ4v) is 1.69. The third-order valence-corrected chi connectivity index (χ3v) is 3.04. The minimum Gasteiger partial charge on any atom is -0.493 e. The van der Waals surface area contributed by atoms with Crippen LogP contribution < -0.4 is 9.47 Å². The first-order valence-corrected chi connectivity index (χ1v) is 6.30. The molecule has 1 aromatic rings. The largest absolute Gasteiger partial charge is 0.493 e. The summed E-state index contributed by atoms with van der Waals surface area (Å²) < 4.78 is 16.2. The van der Waals surface area contributed by atoms with Crippen LogP contribution in [0.2, 0.25) is 0 Å². The summed E-state index contributed by atoms with van der Waals surface area (Å²) in [4.78, 5) is 0. The summed E-state index contributed by atoms with van der Waals surface area (Å²) in [6.07, 6.45) is 2.57. The summed E-state index contributed by atoms with van der Waals surface area (Å²) in [5.41, 5.74) is 1.00. The van der Waals surface area contributed by atoms with Gasteiger partial charge >= 0.3 is 0 Å². The highest BCUT2D eigenvalue weighted by Crippen LogP contribution is 2.30. The molecular formula is C13H17ClO3. The molecule has 0 bridgehead atoms. The standard InChI is InChI=1S/C13H17ClO3/c1-15-12-5-4-11(7-14)6-13(12)17-9-16-8-10-2-3-10/h4-6,10H,2-3,7-9H2,1H3. The summed E-state index contributed by atoms with van der Waals surface area (Å²) in [6, 6.07) is 5.66. The predicted octanol–water partition coefficient (Wildman–Crippen LogP) is 3.20. The molecule has 0 atom stereocenters. The molecule has 0 N–H and O–H groups in total. The lowest BCUT2D eigenvalue weighted by Gasteiger charge is -2.11. The van der Waals surface area contributed by atoms with Crippen LogP contribution >= 0.6 is 11.6 Å². The lowest BCUT2D eigenvalue weighted by molar-refractivity contribution is 0.00863. The Morgan fingerprint density at radius 3 is 2.76 bits per heavy atom. The molecule has 2 rings (SSSR count). The maximum Gasteiger partial charge on any atom is 0.189 e. The van der Waals surface area contributed by atoms with E-state index in [4.69, 9.17) is 25.8 Å². The molecule has 1 fully saturated rings. The molecule has 0 amide bonds. The maximum absolute atomic E-state index is 5.78. The summed E-state index contributed by atoms with van der Waals surface area (Å²) in [6.45, 7) is 1.05. The normalized spacial score (nSPS) is 14.7. The zero-order valence-electron chi connectivity index (χ0n) is 9.95. The van der Waals surface area contributed by atoms with Gasteiger partial charge in [0.15, 0.2) is 18.3 Å². The Balaban J connectivity index is 1.87. The van der Waals surface area contributed by atoms with Crippen LogP contribution in [0.4, 0.5) is 0 Å². The van der Waals surface area contributed by atoms with E-state index in [2.05, 4.69) is 0 Å². The molecule has 3 nitrogen and oxygen atoms in total. The van der Waals surface area contributed by atoms with Crippen molar-refractivity contribution >= 4 is 11.6 Å². The number of methoxy groups -OCH3 is 1. The second-order valence-corrected chi connectivity index (χ2v) is 4.46. The zero-order valence-corrected chi connectivity index (χ0v) is 10.7. The Morgan fingerprint density at radius 1 is 1.29 bits per heavy atom. The molecule has 0 heterocycles. The topological polar surface area (TPSA) is 27.7 Å². The van der Waals surface area contributed by atoms with Crippen molar-refractivity contribution < 1.29 is 14.2 Å². The molecule has 0 saturated heterocycles. The van der Waals surface area contributed by atoms with Crippen molar-refractivity contribution in [1.29, 1.82) is 0 Å². The van der Waals surface area contributed by atoms with E-state index in [-0.39, 0.29) is 6.79 Å². The van der Waals surface area contributed by atoms with Gasteiger partial charge in [0.05, 0.1) is 13.7 Å². The first-order chi connectivity index (χ1) is 8.33. The summed E-state index contributed by atoms with van der Waals surface area (Å²) >= 11 is 5.78. The highest BCUT2D eigenvalue weighted by molar-refractivity contribution is 6.17. The number of alkyl halides is 1. The van der Waals surface area contributed by atoms with E-state index < -0.39 is 0 Å². The minimum absolute atomic E-state index is 0.262. The van der Waals surface area contributed by atoms with Crippen LogP contribution in [-0.2, 0) is 10.6 Å². The van der Waals surface area contributed by atoms with Gasteiger partial charge in [-0.3, -0.25) is 0 Å². The number of benzene rings is 1. The Hall–Kier alpha value is -0.930. The summed E-state index contributed by atoms with van der Waals surface area (Å²) in [5, 5.41) is 0. The fourth-order valence-electron chi connectivity index (χ4n) is 1.52. The van der Waals surface area contributed by atoms with Crippen LogP contribution in [0.25, 0.3) is 0 Å². The molecule has 1 aliphatic carbocycles. The summed E-state index contributed by atoms with van der Waals surface area (Å²) in [5.74, 6) is 2.59. The molecule has 0 aliphatic heterocycles. The van der Waals surface area contributed by atoms with Gasteiger partial charge in [-0.15, -0.1) is 11.6 Å². The lowest BCUT2D eigenvalue weighted by atomic mass is 10.2. The van der Waals surface area contributed by atoms with Gasteiger partial charge in [0, 0.05) is 5.88 Å². The molecule has 94 valence electrons. The number of rotatable bonds is 7. The van der Waals surface area contributed by atoms with Crippen LogP contribution in [0.5, 0.6) is 11.5 Å². The average molecular weight is 257 g/mol. The van der Waals surface area contributed by atoms with Gasteiger partial charge in [0.2, 0.25) is 0 Å². The first kappa shape index (κ1) is 12.5. The van der Waals surface area contributed by atoms with E-state index in [0.29, 0.717) is 17.4 Å². The Morgan fingerprint density at radius 2 is 2.12 bits per heavy atom. The van der Waals surface area contributed by atoms with Gasteiger partial charge in [0.25, 0.3) is 0 Å². The first-order valence-electron chi connectivity index (χ1n) is 5.77. The van der Waals surface area contributed by atoms with E-state index >= 15 is 0 Å². The average Bonchev–Trinajstić information content (AvgIpc) is 3.18. The number of hydrogen-bond acceptors (Lipinski definition) is 3. The van der Waals surface area contributed by atoms with Gasteiger partial charge in [-0.1, -0.05) is 6.07 Å². The molecule has 1 saturated carbocycles. The van der Waals surface area contributed by atoms with Crippen LogP contribution in [0.15, 0.2) is 18.2 Å². The van der Waals surface area contributed by atoms with E-state index in [1.165, 1.54) is 12.8 Å². The Labute approximate surface area is 107 Å². The SMILES string of the molecule is COc1ccc(CCl)cc1OCOCC1CC1. The molecule has 1 aliphatic rings. The van der Waals surface area contributed by atoms with Gasteiger partial charge in [-0.2, -0.15) is 0 Å². The van der Waals surface area contributed by atoms with Crippen molar-refractivity contribution in [3.63, 3.8) is 0 Å². The second-order valence-electron chi connectivity index (χ2n) is 4.20.